The first-order chi connectivity index (χ1) is 11.5. The number of nitrogen functional groups attached to an aromatic ring is 1. The highest BCUT2D eigenvalue weighted by molar-refractivity contribution is 5.91. The van der Waals surface area contributed by atoms with Gasteiger partial charge in [0.05, 0.1) is 19.2 Å². The van der Waals surface area contributed by atoms with Crippen LogP contribution >= 0.6 is 0 Å². The number of methoxy groups -OCH3 is 1. The van der Waals surface area contributed by atoms with Gasteiger partial charge in [0.2, 0.25) is 11.9 Å². The molecule has 1 aromatic carbocycles. The summed E-state index contributed by atoms with van der Waals surface area (Å²) in [6, 6.07) is 5.61. The molecular formula is C16H20N6O2. The molecule has 2 N–H and O–H groups in total. The number of carbonyl (C=O) groups excluding carboxylic acids is 1. The number of hydrogen-bond donors (Lipinski definition) is 1. The standard InChI is InChI=1S/C16H20N6O2/c1-21(2)16-19-13(18-15(17)20-16)9-22-7-6-10-4-5-11(8-12(10)22)14(23)24-3/h4-5,8H,6-7,9H2,1-3H3,(H2,17,18,19,20). The predicted octanol–water partition coefficient (Wildman–Crippen LogP) is 0.869. The molecule has 0 atom stereocenters. The van der Waals surface area contributed by atoms with Gasteiger partial charge in [-0.15, -0.1) is 0 Å². The lowest BCUT2D eigenvalue weighted by Crippen LogP contribution is -2.23. The van der Waals surface area contributed by atoms with Gasteiger partial charge in [0.15, 0.2) is 5.82 Å². The maximum Gasteiger partial charge on any atom is 0.337 e. The van der Waals surface area contributed by atoms with Crippen molar-refractivity contribution in [1.82, 2.24) is 15.0 Å². The summed E-state index contributed by atoms with van der Waals surface area (Å²) in [5.74, 6) is 0.984. The number of hydrogen-bond acceptors (Lipinski definition) is 8. The van der Waals surface area contributed by atoms with E-state index < -0.39 is 0 Å². The van der Waals surface area contributed by atoms with E-state index in [1.165, 1.54) is 12.7 Å². The maximum atomic E-state index is 11.7. The smallest absolute Gasteiger partial charge is 0.337 e. The summed E-state index contributed by atoms with van der Waals surface area (Å²) in [5.41, 5.74) is 8.51. The van der Waals surface area contributed by atoms with E-state index in [4.69, 9.17) is 10.5 Å². The lowest BCUT2D eigenvalue weighted by atomic mass is 10.1. The van der Waals surface area contributed by atoms with Crippen molar-refractivity contribution in [2.45, 2.75) is 13.0 Å². The highest BCUT2D eigenvalue weighted by Gasteiger charge is 2.22. The second kappa shape index (κ2) is 6.31. The number of fused-ring (bicyclic) bond motifs is 1. The Balaban J connectivity index is 1.88. The minimum atomic E-state index is -0.344. The molecular weight excluding hydrogens is 308 g/mol. The first kappa shape index (κ1) is 16.0. The third-order valence-electron chi connectivity index (χ3n) is 3.92. The van der Waals surface area contributed by atoms with Crippen LogP contribution in [0.2, 0.25) is 0 Å². The molecule has 2 aromatic rings. The van der Waals surface area contributed by atoms with Gasteiger partial charge in [-0.05, 0) is 24.1 Å². The molecule has 0 spiro atoms. The first-order valence-corrected chi connectivity index (χ1v) is 7.62. The Hall–Kier alpha value is -2.90. The van der Waals surface area contributed by atoms with Crippen LogP contribution in [0.3, 0.4) is 0 Å². The van der Waals surface area contributed by atoms with E-state index in [0.29, 0.717) is 23.9 Å². The highest BCUT2D eigenvalue weighted by atomic mass is 16.5. The van der Waals surface area contributed by atoms with E-state index in [2.05, 4.69) is 19.9 Å². The fourth-order valence-corrected chi connectivity index (χ4v) is 2.72. The van der Waals surface area contributed by atoms with Gasteiger partial charge in [0.25, 0.3) is 0 Å². The monoisotopic (exact) mass is 328 g/mol. The van der Waals surface area contributed by atoms with Gasteiger partial charge in [0, 0.05) is 26.3 Å². The van der Waals surface area contributed by atoms with Gasteiger partial charge in [0.1, 0.15) is 0 Å². The maximum absolute atomic E-state index is 11.7. The van der Waals surface area contributed by atoms with Crippen LogP contribution in [-0.4, -0.2) is 48.7 Å². The molecule has 0 radical (unpaired) electrons. The number of nitrogens with zero attached hydrogens (tertiary/aromatic N) is 5. The number of nitrogens with two attached hydrogens (primary N) is 1. The van der Waals surface area contributed by atoms with Gasteiger partial charge in [-0.1, -0.05) is 6.07 Å². The largest absolute Gasteiger partial charge is 0.465 e. The van der Waals surface area contributed by atoms with E-state index in [0.717, 1.165) is 18.7 Å². The third kappa shape index (κ3) is 3.08. The van der Waals surface area contributed by atoms with Crippen molar-refractivity contribution in [2.75, 3.05) is 43.3 Å². The number of carbonyl (C=O) groups is 1. The summed E-state index contributed by atoms with van der Waals surface area (Å²) < 4.78 is 4.79. The Morgan fingerprint density at radius 2 is 2.12 bits per heavy atom. The number of ether oxygens (including phenoxy) is 1. The Morgan fingerprint density at radius 3 is 2.83 bits per heavy atom. The van der Waals surface area contributed by atoms with Crippen LogP contribution in [0.15, 0.2) is 18.2 Å². The average Bonchev–Trinajstić information content (AvgIpc) is 2.95. The quantitative estimate of drug-likeness (QED) is 0.826. The van der Waals surface area contributed by atoms with Crippen LogP contribution in [0.25, 0.3) is 0 Å². The van der Waals surface area contributed by atoms with Crippen molar-refractivity contribution in [1.29, 1.82) is 0 Å². The van der Waals surface area contributed by atoms with Crippen molar-refractivity contribution in [3.8, 4) is 0 Å². The molecule has 0 saturated heterocycles. The normalized spacial score (nSPS) is 12.9. The van der Waals surface area contributed by atoms with E-state index in [9.17, 15) is 4.79 Å². The Bertz CT molecular complexity index is 777. The lowest BCUT2D eigenvalue weighted by Gasteiger charge is -2.20. The van der Waals surface area contributed by atoms with Crippen molar-refractivity contribution in [3.05, 3.63) is 35.2 Å². The summed E-state index contributed by atoms with van der Waals surface area (Å²) in [6.07, 6.45) is 0.915. The number of benzene rings is 1. The summed E-state index contributed by atoms with van der Waals surface area (Å²) in [4.78, 5) is 28.4. The summed E-state index contributed by atoms with van der Waals surface area (Å²) >= 11 is 0. The fourth-order valence-electron chi connectivity index (χ4n) is 2.72. The Labute approximate surface area is 140 Å². The molecule has 1 aliphatic heterocycles. The Kier molecular flexibility index (Phi) is 4.20. The van der Waals surface area contributed by atoms with Crippen LogP contribution < -0.4 is 15.5 Å². The second-order valence-electron chi connectivity index (χ2n) is 5.81. The summed E-state index contributed by atoms with van der Waals surface area (Å²) in [6.45, 7) is 1.34. The number of esters is 1. The zero-order valence-corrected chi connectivity index (χ0v) is 14.0. The van der Waals surface area contributed by atoms with E-state index in [-0.39, 0.29) is 11.9 Å². The third-order valence-corrected chi connectivity index (χ3v) is 3.92. The molecule has 126 valence electrons. The molecule has 0 aliphatic carbocycles. The van der Waals surface area contributed by atoms with Gasteiger partial charge in [-0.2, -0.15) is 15.0 Å². The van der Waals surface area contributed by atoms with Gasteiger partial charge in [-0.3, -0.25) is 0 Å². The highest BCUT2D eigenvalue weighted by Crippen LogP contribution is 2.30. The molecule has 24 heavy (non-hydrogen) atoms. The molecule has 0 amide bonds. The average molecular weight is 328 g/mol. The van der Waals surface area contributed by atoms with Crippen molar-refractivity contribution in [2.24, 2.45) is 0 Å². The number of aromatic nitrogens is 3. The number of anilines is 3. The van der Waals surface area contributed by atoms with Crippen molar-refractivity contribution < 1.29 is 9.53 Å². The Morgan fingerprint density at radius 1 is 1.33 bits per heavy atom. The zero-order chi connectivity index (χ0) is 17.3. The van der Waals surface area contributed by atoms with Crippen molar-refractivity contribution in [3.63, 3.8) is 0 Å². The predicted molar refractivity (Wildman–Crippen MR) is 91.1 cm³/mol. The molecule has 0 unspecified atom stereocenters. The van der Waals surface area contributed by atoms with Crippen LogP contribution in [0, 0.1) is 0 Å². The molecule has 0 fully saturated rings. The van der Waals surface area contributed by atoms with Crippen molar-refractivity contribution >= 4 is 23.6 Å². The molecule has 8 heteroatoms. The second-order valence-corrected chi connectivity index (χ2v) is 5.81. The SMILES string of the molecule is COC(=O)c1ccc2c(c1)N(Cc1nc(N)nc(N(C)C)n1)CC2. The van der Waals surface area contributed by atoms with Crippen LogP contribution in [0.1, 0.15) is 21.7 Å². The molecule has 2 heterocycles. The minimum Gasteiger partial charge on any atom is -0.465 e. The van der Waals surface area contributed by atoms with Crippen LogP contribution in [0.4, 0.5) is 17.6 Å². The minimum absolute atomic E-state index is 0.200. The molecule has 1 aliphatic rings. The molecule has 0 saturated carbocycles. The number of rotatable bonds is 4. The van der Waals surface area contributed by atoms with E-state index in [1.54, 1.807) is 11.0 Å². The molecule has 8 nitrogen and oxygen atoms in total. The van der Waals surface area contributed by atoms with E-state index >= 15 is 0 Å². The topological polar surface area (TPSA) is 97.5 Å². The van der Waals surface area contributed by atoms with Crippen LogP contribution in [0.5, 0.6) is 0 Å². The first-order valence-electron chi connectivity index (χ1n) is 7.62. The summed E-state index contributed by atoms with van der Waals surface area (Å²) in [5, 5.41) is 0. The fraction of sp³-hybridized carbons (Fsp3) is 0.375. The van der Waals surface area contributed by atoms with Gasteiger partial charge >= 0.3 is 5.97 Å². The summed E-state index contributed by atoms with van der Waals surface area (Å²) in [7, 11) is 5.09. The zero-order valence-electron chi connectivity index (χ0n) is 14.0. The van der Waals surface area contributed by atoms with Crippen LogP contribution in [-0.2, 0) is 17.7 Å². The van der Waals surface area contributed by atoms with Gasteiger partial charge in [-0.25, -0.2) is 4.79 Å². The van der Waals surface area contributed by atoms with E-state index in [1.807, 2.05) is 26.2 Å². The molecule has 0 bridgehead atoms. The molecule has 1 aromatic heterocycles. The lowest BCUT2D eigenvalue weighted by molar-refractivity contribution is 0.0601. The van der Waals surface area contributed by atoms with Gasteiger partial charge < -0.3 is 20.3 Å². The molecule has 3 rings (SSSR count).